The fourth-order valence-corrected chi connectivity index (χ4v) is 1.41. The third kappa shape index (κ3) is 1.84. The van der Waals surface area contributed by atoms with Gasteiger partial charge in [-0.25, -0.2) is 4.68 Å². The first-order chi connectivity index (χ1) is 7.72. The van der Waals surface area contributed by atoms with Gasteiger partial charge in [0.25, 0.3) is 5.56 Å². The van der Waals surface area contributed by atoms with Crippen LogP contribution in [0.1, 0.15) is 13.3 Å². The van der Waals surface area contributed by atoms with Crippen LogP contribution in [-0.4, -0.2) is 20.8 Å². The number of ketones is 1. The maximum atomic E-state index is 11.9. The molecule has 0 N–H and O–H groups in total. The minimum Gasteiger partial charge on any atom is -0.298 e. The van der Waals surface area contributed by atoms with Crippen LogP contribution in [0.25, 0.3) is 10.9 Å². The number of fused-ring (bicyclic) bond motifs is 1. The number of rotatable bonds is 3. The van der Waals surface area contributed by atoms with Crippen LogP contribution in [0.5, 0.6) is 0 Å². The Morgan fingerprint density at radius 2 is 2.12 bits per heavy atom. The molecule has 0 spiro atoms. The Morgan fingerprint density at radius 3 is 2.88 bits per heavy atom. The molecule has 0 aliphatic rings. The highest BCUT2D eigenvalue weighted by molar-refractivity contribution is 5.79. The van der Waals surface area contributed by atoms with Crippen LogP contribution in [0.15, 0.2) is 29.1 Å². The molecule has 0 aliphatic heterocycles. The van der Waals surface area contributed by atoms with E-state index in [1.165, 1.54) is 0 Å². The van der Waals surface area contributed by atoms with Gasteiger partial charge < -0.3 is 0 Å². The molecule has 82 valence electrons. The molecule has 1 aromatic carbocycles. The topological polar surface area (TPSA) is 64.8 Å². The number of hydrogen-bond donors (Lipinski definition) is 0. The Morgan fingerprint density at radius 1 is 1.38 bits per heavy atom. The number of nitrogens with zero attached hydrogens (tertiary/aromatic N) is 3. The van der Waals surface area contributed by atoms with Gasteiger partial charge in [0, 0.05) is 6.42 Å². The second-order valence-corrected chi connectivity index (χ2v) is 3.46. The maximum absolute atomic E-state index is 11.9. The lowest BCUT2D eigenvalue weighted by atomic mass is 10.2. The average Bonchev–Trinajstić information content (AvgIpc) is 2.33. The van der Waals surface area contributed by atoms with E-state index in [0.717, 1.165) is 4.68 Å². The molecule has 0 bridgehead atoms. The summed E-state index contributed by atoms with van der Waals surface area (Å²) >= 11 is 0. The molecule has 2 aromatic rings. The largest absolute Gasteiger partial charge is 0.298 e. The molecular formula is C11H11N3O2. The zero-order valence-electron chi connectivity index (χ0n) is 8.88. The van der Waals surface area contributed by atoms with Crippen LogP contribution in [0.4, 0.5) is 0 Å². The predicted molar refractivity (Wildman–Crippen MR) is 59.1 cm³/mol. The lowest BCUT2D eigenvalue weighted by molar-refractivity contribution is -0.119. The van der Waals surface area contributed by atoms with Crippen molar-refractivity contribution in [3.05, 3.63) is 34.6 Å². The van der Waals surface area contributed by atoms with E-state index in [4.69, 9.17) is 0 Å². The summed E-state index contributed by atoms with van der Waals surface area (Å²) in [4.78, 5) is 23.1. The maximum Gasteiger partial charge on any atom is 0.278 e. The summed E-state index contributed by atoms with van der Waals surface area (Å²) in [5, 5.41) is 8.11. The molecule has 2 rings (SSSR count). The molecule has 0 saturated carbocycles. The smallest absolute Gasteiger partial charge is 0.278 e. The first kappa shape index (κ1) is 10.5. The fourth-order valence-electron chi connectivity index (χ4n) is 1.41. The normalized spacial score (nSPS) is 10.6. The van der Waals surface area contributed by atoms with E-state index >= 15 is 0 Å². The number of hydrogen-bond acceptors (Lipinski definition) is 4. The van der Waals surface area contributed by atoms with Crippen molar-refractivity contribution in [3.8, 4) is 0 Å². The highest BCUT2D eigenvalue weighted by Crippen LogP contribution is 2.03. The van der Waals surface area contributed by atoms with Gasteiger partial charge in [-0.3, -0.25) is 9.59 Å². The molecule has 0 aliphatic carbocycles. The molecule has 1 heterocycles. The number of carbonyl (C=O) groups is 1. The summed E-state index contributed by atoms with van der Waals surface area (Å²) in [6.45, 7) is 1.75. The van der Waals surface area contributed by atoms with Crippen molar-refractivity contribution in [2.45, 2.75) is 19.9 Å². The molecule has 16 heavy (non-hydrogen) atoms. The Kier molecular flexibility index (Phi) is 2.76. The molecule has 0 saturated heterocycles. The average molecular weight is 217 g/mol. The zero-order valence-corrected chi connectivity index (χ0v) is 8.88. The Balaban J connectivity index is 2.53. The second-order valence-electron chi connectivity index (χ2n) is 3.46. The van der Waals surface area contributed by atoms with Gasteiger partial charge in [0.05, 0.1) is 5.39 Å². The van der Waals surface area contributed by atoms with Gasteiger partial charge in [-0.1, -0.05) is 24.3 Å². The standard InChI is InChI=1S/C11H11N3O2/c1-2-8(15)7-14-11(16)9-5-3-4-6-10(9)12-13-14/h3-6H,2,7H2,1H3. The van der Waals surface area contributed by atoms with Gasteiger partial charge in [0.1, 0.15) is 12.1 Å². The molecule has 0 amide bonds. The predicted octanol–water partition coefficient (Wildman–Crippen LogP) is 0.771. The van der Waals surface area contributed by atoms with Crippen LogP contribution < -0.4 is 5.56 Å². The third-order valence-corrected chi connectivity index (χ3v) is 2.35. The molecule has 0 fully saturated rings. The van der Waals surface area contributed by atoms with E-state index in [1.54, 1.807) is 31.2 Å². The van der Waals surface area contributed by atoms with Gasteiger partial charge >= 0.3 is 0 Å². The highest BCUT2D eigenvalue weighted by Gasteiger charge is 2.07. The van der Waals surface area contributed by atoms with E-state index in [0.29, 0.717) is 17.3 Å². The molecule has 5 nitrogen and oxygen atoms in total. The van der Waals surface area contributed by atoms with Crippen LogP contribution >= 0.6 is 0 Å². The third-order valence-electron chi connectivity index (χ3n) is 2.35. The van der Waals surface area contributed by atoms with Gasteiger partial charge in [-0.15, -0.1) is 5.10 Å². The van der Waals surface area contributed by atoms with E-state index in [1.807, 2.05) is 0 Å². The monoisotopic (exact) mass is 217 g/mol. The summed E-state index contributed by atoms with van der Waals surface area (Å²) in [6.07, 6.45) is 0.390. The van der Waals surface area contributed by atoms with Gasteiger partial charge in [0.2, 0.25) is 0 Å². The fraction of sp³-hybridized carbons (Fsp3) is 0.273. The van der Waals surface area contributed by atoms with E-state index in [-0.39, 0.29) is 17.9 Å². The highest BCUT2D eigenvalue weighted by atomic mass is 16.1. The molecule has 5 heteroatoms. The van der Waals surface area contributed by atoms with Crippen LogP contribution in [0.3, 0.4) is 0 Å². The first-order valence-corrected chi connectivity index (χ1v) is 5.06. The summed E-state index contributed by atoms with van der Waals surface area (Å²) in [5.74, 6) is -0.0355. The summed E-state index contributed by atoms with van der Waals surface area (Å²) in [7, 11) is 0. The number of benzene rings is 1. The van der Waals surface area contributed by atoms with Gasteiger partial charge in [-0.05, 0) is 12.1 Å². The first-order valence-electron chi connectivity index (χ1n) is 5.06. The van der Waals surface area contributed by atoms with Crippen molar-refractivity contribution in [2.75, 3.05) is 0 Å². The second kappa shape index (κ2) is 4.22. The Bertz CT molecular complexity index is 589. The van der Waals surface area contributed by atoms with E-state index < -0.39 is 0 Å². The molecule has 0 unspecified atom stereocenters. The number of aromatic nitrogens is 3. The lowest BCUT2D eigenvalue weighted by Crippen LogP contribution is -2.27. The van der Waals surface area contributed by atoms with Crippen molar-refractivity contribution in [1.29, 1.82) is 0 Å². The Labute approximate surface area is 91.7 Å². The van der Waals surface area contributed by atoms with Crippen molar-refractivity contribution < 1.29 is 4.79 Å². The summed E-state index contributed by atoms with van der Waals surface area (Å²) in [6, 6.07) is 6.95. The number of carbonyl (C=O) groups excluding carboxylic acids is 1. The molecule has 0 atom stereocenters. The van der Waals surface area contributed by atoms with Crippen molar-refractivity contribution in [1.82, 2.24) is 15.0 Å². The molecule has 0 radical (unpaired) electrons. The van der Waals surface area contributed by atoms with Crippen LogP contribution in [0, 0.1) is 0 Å². The van der Waals surface area contributed by atoms with Crippen LogP contribution in [-0.2, 0) is 11.3 Å². The van der Waals surface area contributed by atoms with Gasteiger partial charge in [-0.2, -0.15) is 0 Å². The van der Waals surface area contributed by atoms with E-state index in [2.05, 4.69) is 10.3 Å². The Hall–Kier alpha value is -2.04. The molecule has 1 aromatic heterocycles. The molecular weight excluding hydrogens is 206 g/mol. The summed E-state index contributed by atoms with van der Waals surface area (Å²) < 4.78 is 1.11. The van der Waals surface area contributed by atoms with Crippen molar-refractivity contribution in [2.24, 2.45) is 0 Å². The lowest BCUT2D eigenvalue weighted by Gasteiger charge is -2.02. The van der Waals surface area contributed by atoms with E-state index in [9.17, 15) is 9.59 Å². The number of Topliss-reactive ketones (excluding diaryl/α,β-unsaturated/α-hetero) is 1. The minimum atomic E-state index is -0.271. The zero-order chi connectivity index (χ0) is 11.5. The van der Waals surface area contributed by atoms with Crippen LogP contribution in [0.2, 0.25) is 0 Å². The minimum absolute atomic E-state index is 0.00678. The SMILES string of the molecule is CCC(=O)Cn1nnc2ccccc2c1=O. The van der Waals surface area contributed by atoms with Crippen molar-refractivity contribution >= 4 is 16.7 Å². The van der Waals surface area contributed by atoms with Crippen molar-refractivity contribution in [3.63, 3.8) is 0 Å². The quantitative estimate of drug-likeness (QED) is 0.761. The van der Waals surface area contributed by atoms with Gasteiger partial charge in [0.15, 0.2) is 5.78 Å². The summed E-state index contributed by atoms with van der Waals surface area (Å²) in [5.41, 5.74) is 0.278.